The third-order valence-corrected chi connectivity index (χ3v) is 6.36. The highest BCUT2D eigenvalue weighted by atomic mass is 16.6. The summed E-state index contributed by atoms with van der Waals surface area (Å²) in [7, 11) is 0. The summed E-state index contributed by atoms with van der Waals surface area (Å²) in [5.74, 6) is -1.84. The van der Waals surface area contributed by atoms with Gasteiger partial charge in [-0.3, -0.25) is 14.4 Å². The van der Waals surface area contributed by atoms with Crippen LogP contribution in [0.4, 0.5) is 0 Å². The molecule has 17 heteroatoms. The summed E-state index contributed by atoms with van der Waals surface area (Å²) >= 11 is 0. The molecule has 0 aromatic rings. The Hall–Kier alpha value is -2.03. The molecular weight excluding hydrogens is 600 g/mol. The van der Waals surface area contributed by atoms with Crippen LogP contribution in [0.1, 0.15) is 44.9 Å². The van der Waals surface area contributed by atoms with Gasteiger partial charge in [0.25, 0.3) is 5.91 Å². The lowest BCUT2D eigenvalue weighted by Gasteiger charge is -2.24. The van der Waals surface area contributed by atoms with Gasteiger partial charge in [-0.15, -0.1) is 0 Å². The molecule has 0 fully saturated rings. The Morgan fingerprint density at radius 3 is 1.84 bits per heavy atom. The Labute approximate surface area is 264 Å². The Kier molecular flexibility index (Phi) is 28.1. The number of carbonyl (C=O) groups excluding carboxylic acids is 3. The molecule has 266 valence electrons. The smallest absolute Gasteiger partial charge is 0.252 e. The van der Waals surface area contributed by atoms with Crippen molar-refractivity contribution in [3.05, 3.63) is 0 Å². The fourth-order valence-electron chi connectivity index (χ4n) is 3.79. The third kappa shape index (κ3) is 23.9. The van der Waals surface area contributed by atoms with Crippen molar-refractivity contribution in [2.75, 3.05) is 85.7 Å². The van der Waals surface area contributed by atoms with Crippen molar-refractivity contribution in [3.63, 3.8) is 0 Å². The van der Waals surface area contributed by atoms with Crippen LogP contribution in [0.25, 0.3) is 0 Å². The average molecular weight is 657 g/mol. The summed E-state index contributed by atoms with van der Waals surface area (Å²) in [4.78, 5) is 37.3. The molecule has 0 aliphatic carbocycles. The first-order chi connectivity index (χ1) is 21.7. The summed E-state index contributed by atoms with van der Waals surface area (Å²) in [6.07, 6.45) is -4.63. The maximum absolute atomic E-state index is 12.8. The zero-order valence-corrected chi connectivity index (χ0v) is 26.1. The van der Waals surface area contributed by atoms with Crippen molar-refractivity contribution in [3.8, 4) is 0 Å². The van der Waals surface area contributed by atoms with Gasteiger partial charge in [0.1, 0.15) is 12.1 Å². The van der Waals surface area contributed by atoms with E-state index in [-0.39, 0.29) is 51.5 Å². The fourth-order valence-corrected chi connectivity index (χ4v) is 3.79. The Bertz CT molecular complexity index is 753. The van der Waals surface area contributed by atoms with Crippen LogP contribution in [0.3, 0.4) is 0 Å². The van der Waals surface area contributed by atoms with Crippen molar-refractivity contribution >= 4 is 17.7 Å². The first kappa shape index (κ1) is 43.0. The average Bonchev–Trinajstić information content (AvgIpc) is 3.03. The number of rotatable bonds is 31. The second kappa shape index (κ2) is 29.4. The number of aliphatic hydroxyl groups excluding tert-OH is 6. The van der Waals surface area contributed by atoms with Gasteiger partial charge in [0.2, 0.25) is 11.8 Å². The molecule has 0 rings (SSSR count). The molecule has 0 saturated carbocycles. The number of amides is 3. The van der Waals surface area contributed by atoms with Crippen LogP contribution in [0.2, 0.25) is 0 Å². The molecule has 0 aromatic carbocycles. The Balaban J connectivity index is 4.52. The molecule has 0 aliphatic rings. The Morgan fingerprint density at radius 1 is 0.667 bits per heavy atom. The van der Waals surface area contributed by atoms with Crippen molar-refractivity contribution in [2.24, 2.45) is 5.73 Å². The van der Waals surface area contributed by atoms with E-state index in [4.69, 9.17) is 34.9 Å². The highest BCUT2D eigenvalue weighted by Crippen LogP contribution is 2.07. The minimum atomic E-state index is -2.04. The van der Waals surface area contributed by atoms with E-state index in [0.29, 0.717) is 78.4 Å². The molecule has 0 spiro atoms. The van der Waals surface area contributed by atoms with E-state index in [9.17, 15) is 34.8 Å². The van der Waals surface area contributed by atoms with Crippen LogP contribution in [0, 0.1) is 0 Å². The predicted molar refractivity (Wildman–Crippen MR) is 161 cm³/mol. The van der Waals surface area contributed by atoms with E-state index in [1.54, 1.807) is 0 Å². The third-order valence-electron chi connectivity index (χ3n) is 6.36. The molecule has 0 radical (unpaired) electrons. The van der Waals surface area contributed by atoms with Gasteiger partial charge in [0.15, 0.2) is 6.10 Å². The number of unbranched alkanes of at least 4 members (excludes halogenated alkanes) is 1. The molecule has 0 heterocycles. The first-order valence-corrected chi connectivity index (χ1v) is 15.5. The van der Waals surface area contributed by atoms with Crippen molar-refractivity contribution in [1.29, 1.82) is 0 Å². The lowest BCUT2D eigenvalue weighted by molar-refractivity contribution is -0.144. The molecular formula is C28H56N4O13. The van der Waals surface area contributed by atoms with Gasteiger partial charge in [0.05, 0.1) is 71.7 Å². The second-order valence-electron chi connectivity index (χ2n) is 10.2. The molecule has 0 saturated heterocycles. The normalized spacial score (nSPS) is 14.7. The van der Waals surface area contributed by atoms with Gasteiger partial charge >= 0.3 is 0 Å². The van der Waals surface area contributed by atoms with Crippen molar-refractivity contribution in [2.45, 2.75) is 75.4 Å². The van der Waals surface area contributed by atoms with E-state index < -0.39 is 48.9 Å². The minimum Gasteiger partial charge on any atom is -0.396 e. The zero-order valence-electron chi connectivity index (χ0n) is 26.1. The molecule has 3 amide bonds. The largest absolute Gasteiger partial charge is 0.396 e. The van der Waals surface area contributed by atoms with Crippen LogP contribution in [0.5, 0.6) is 0 Å². The molecule has 0 aromatic heterocycles. The zero-order chi connectivity index (χ0) is 33.7. The van der Waals surface area contributed by atoms with Crippen LogP contribution in [-0.4, -0.2) is 165 Å². The van der Waals surface area contributed by atoms with E-state index in [1.165, 1.54) is 0 Å². The number of hydrogen-bond donors (Lipinski definition) is 10. The second-order valence-corrected chi connectivity index (χ2v) is 10.2. The summed E-state index contributed by atoms with van der Waals surface area (Å²) in [5.41, 5.74) is 5.32. The maximum Gasteiger partial charge on any atom is 0.252 e. The van der Waals surface area contributed by atoms with Gasteiger partial charge in [-0.1, -0.05) is 0 Å². The standard InChI is InChI=1S/C28H56N4O13/c29-8-12-42-14-16-44-18-19-45-17-15-43-13-10-31-27(40)22(32-28(41)26(39)25(38)23(36)7-11-33)5-1-2-9-30-24(37)6-3-4-21(35)20-34/h21-23,25-26,33-36,38-39H,1-20,29H2,(H,30,37)(H,31,40)(H,32,41). The van der Waals surface area contributed by atoms with Crippen LogP contribution in [-0.2, 0) is 33.3 Å². The number of nitrogens with one attached hydrogen (secondary N) is 3. The minimum absolute atomic E-state index is 0.124. The number of hydrogen-bond acceptors (Lipinski definition) is 14. The van der Waals surface area contributed by atoms with Gasteiger partial charge < -0.3 is 71.3 Å². The summed E-state index contributed by atoms with van der Waals surface area (Å²) < 4.78 is 21.3. The van der Waals surface area contributed by atoms with Gasteiger partial charge in [-0.2, -0.15) is 0 Å². The predicted octanol–water partition coefficient (Wildman–Crippen LogP) is -4.11. The first-order valence-electron chi connectivity index (χ1n) is 15.5. The van der Waals surface area contributed by atoms with E-state index >= 15 is 0 Å². The topological polar surface area (TPSA) is 272 Å². The summed E-state index contributed by atoms with van der Waals surface area (Å²) in [6.45, 7) is 3.02. The highest BCUT2D eigenvalue weighted by molar-refractivity contribution is 5.89. The SMILES string of the molecule is NCCOCCOCCOCCOCCNC(=O)C(CCCCNC(=O)CCCC(O)CO)NC(=O)C(O)C(O)C(O)CCO. The summed E-state index contributed by atoms with van der Waals surface area (Å²) in [6, 6.07) is -1.09. The molecule has 0 bridgehead atoms. The molecule has 11 N–H and O–H groups in total. The number of carbonyl (C=O) groups is 3. The summed E-state index contributed by atoms with van der Waals surface area (Å²) in [5, 5.41) is 64.8. The number of nitrogens with two attached hydrogens (primary N) is 1. The molecule has 0 aliphatic heterocycles. The quantitative estimate of drug-likeness (QED) is 0.0318. The van der Waals surface area contributed by atoms with Crippen LogP contribution in [0.15, 0.2) is 0 Å². The fraction of sp³-hybridized carbons (Fsp3) is 0.893. The van der Waals surface area contributed by atoms with Crippen molar-refractivity contribution in [1.82, 2.24) is 16.0 Å². The van der Waals surface area contributed by atoms with Gasteiger partial charge in [-0.25, -0.2) is 0 Å². The van der Waals surface area contributed by atoms with E-state index in [1.807, 2.05) is 0 Å². The van der Waals surface area contributed by atoms with Crippen molar-refractivity contribution < 1.29 is 64.0 Å². The van der Waals surface area contributed by atoms with E-state index in [0.717, 1.165) is 0 Å². The van der Waals surface area contributed by atoms with E-state index in [2.05, 4.69) is 16.0 Å². The number of aliphatic hydroxyl groups is 6. The van der Waals surface area contributed by atoms with Crippen LogP contribution >= 0.6 is 0 Å². The number of ether oxygens (including phenoxy) is 4. The highest BCUT2D eigenvalue weighted by Gasteiger charge is 2.32. The lowest BCUT2D eigenvalue weighted by Crippen LogP contribution is -2.54. The van der Waals surface area contributed by atoms with Gasteiger partial charge in [0, 0.05) is 32.7 Å². The monoisotopic (exact) mass is 656 g/mol. The molecule has 45 heavy (non-hydrogen) atoms. The molecule has 5 unspecified atom stereocenters. The lowest BCUT2D eigenvalue weighted by atomic mass is 10.0. The molecule has 17 nitrogen and oxygen atoms in total. The van der Waals surface area contributed by atoms with Gasteiger partial charge in [-0.05, 0) is 38.5 Å². The van der Waals surface area contributed by atoms with Crippen LogP contribution < -0.4 is 21.7 Å². The Morgan fingerprint density at radius 2 is 1.27 bits per heavy atom. The maximum atomic E-state index is 12.8. The molecule has 5 atom stereocenters.